The molecule has 3 aromatic rings. The predicted molar refractivity (Wildman–Crippen MR) is 105 cm³/mol. The largest absolute Gasteiger partial charge is 0.352 e. The quantitative estimate of drug-likeness (QED) is 0.731. The van der Waals surface area contributed by atoms with E-state index in [1.165, 1.54) is 23.3 Å². The number of benzene rings is 3. The zero-order valence-corrected chi connectivity index (χ0v) is 15.0. The van der Waals surface area contributed by atoms with Crippen molar-refractivity contribution in [3.05, 3.63) is 77.4 Å². The van der Waals surface area contributed by atoms with E-state index in [-0.39, 0.29) is 11.8 Å². The minimum atomic E-state index is -0.156. The molecule has 3 aromatic carbocycles. The van der Waals surface area contributed by atoms with Crippen molar-refractivity contribution in [1.29, 1.82) is 0 Å². The molecule has 3 rings (SSSR count). The van der Waals surface area contributed by atoms with E-state index in [9.17, 15) is 9.59 Å². The molecule has 0 saturated heterocycles. The fourth-order valence-electron chi connectivity index (χ4n) is 3.06. The van der Waals surface area contributed by atoms with Crippen molar-refractivity contribution < 1.29 is 9.59 Å². The average Bonchev–Trinajstić information content (AvgIpc) is 2.63. The van der Waals surface area contributed by atoms with Gasteiger partial charge in [0.15, 0.2) is 0 Å². The lowest BCUT2D eigenvalue weighted by Gasteiger charge is -2.11. The Bertz CT molecular complexity index is 958. The summed E-state index contributed by atoms with van der Waals surface area (Å²) in [6.07, 6.45) is 0.761. The summed E-state index contributed by atoms with van der Waals surface area (Å²) in [5.41, 5.74) is 3.30. The van der Waals surface area contributed by atoms with Crippen LogP contribution in [0.15, 0.2) is 60.7 Å². The van der Waals surface area contributed by atoms with Crippen LogP contribution in [0.5, 0.6) is 0 Å². The zero-order chi connectivity index (χ0) is 18.5. The molecule has 0 fully saturated rings. The molecular formula is C22H22N2O2. The van der Waals surface area contributed by atoms with Gasteiger partial charge in [0.05, 0.1) is 0 Å². The molecule has 4 nitrogen and oxygen atoms in total. The number of hydrogen-bond donors (Lipinski definition) is 2. The molecule has 0 aliphatic heterocycles. The number of amides is 2. The summed E-state index contributed by atoms with van der Waals surface area (Å²) >= 11 is 0. The highest BCUT2D eigenvalue weighted by molar-refractivity contribution is 5.98. The van der Waals surface area contributed by atoms with Crippen LogP contribution in [0.25, 0.3) is 10.8 Å². The number of nitrogens with one attached hydrogen (secondary N) is 2. The van der Waals surface area contributed by atoms with Crippen molar-refractivity contribution in [2.75, 3.05) is 11.9 Å². The molecule has 132 valence electrons. The molecule has 0 aliphatic rings. The first-order valence-electron chi connectivity index (χ1n) is 8.67. The van der Waals surface area contributed by atoms with E-state index in [0.717, 1.165) is 12.0 Å². The molecule has 0 aromatic heterocycles. The normalized spacial score (nSPS) is 10.5. The van der Waals surface area contributed by atoms with E-state index < -0.39 is 0 Å². The second kappa shape index (κ2) is 7.83. The summed E-state index contributed by atoms with van der Waals surface area (Å²) in [4.78, 5) is 23.7. The third-order valence-electron chi connectivity index (χ3n) is 4.36. The summed E-state index contributed by atoms with van der Waals surface area (Å²) in [7, 11) is 0. The van der Waals surface area contributed by atoms with E-state index in [1.807, 2.05) is 31.2 Å². The topological polar surface area (TPSA) is 58.2 Å². The Morgan fingerprint density at radius 1 is 0.962 bits per heavy atom. The van der Waals surface area contributed by atoms with E-state index in [1.54, 1.807) is 12.1 Å². The Morgan fingerprint density at radius 3 is 2.54 bits per heavy atom. The van der Waals surface area contributed by atoms with Crippen LogP contribution in [0.1, 0.15) is 28.4 Å². The summed E-state index contributed by atoms with van der Waals surface area (Å²) in [6.45, 7) is 3.89. The molecule has 26 heavy (non-hydrogen) atoms. The van der Waals surface area contributed by atoms with E-state index in [0.29, 0.717) is 17.8 Å². The molecular weight excluding hydrogens is 324 g/mol. The molecule has 0 spiro atoms. The van der Waals surface area contributed by atoms with Crippen LogP contribution < -0.4 is 10.6 Å². The first-order valence-corrected chi connectivity index (χ1v) is 8.67. The van der Waals surface area contributed by atoms with Crippen molar-refractivity contribution in [1.82, 2.24) is 5.32 Å². The lowest BCUT2D eigenvalue weighted by atomic mass is 10.0. The van der Waals surface area contributed by atoms with Gasteiger partial charge in [-0.25, -0.2) is 0 Å². The average molecular weight is 346 g/mol. The number of carbonyl (C=O) groups is 2. The number of anilines is 1. The smallest absolute Gasteiger partial charge is 0.251 e. The summed E-state index contributed by atoms with van der Waals surface area (Å²) in [5, 5.41) is 8.11. The van der Waals surface area contributed by atoms with Gasteiger partial charge >= 0.3 is 0 Å². The Kier molecular flexibility index (Phi) is 5.32. The molecule has 0 saturated carbocycles. The number of hydrogen-bond acceptors (Lipinski definition) is 2. The van der Waals surface area contributed by atoms with Gasteiger partial charge in [-0.15, -0.1) is 0 Å². The monoisotopic (exact) mass is 346 g/mol. The Morgan fingerprint density at radius 2 is 1.73 bits per heavy atom. The van der Waals surface area contributed by atoms with Gasteiger partial charge in [0.25, 0.3) is 5.91 Å². The molecule has 2 amide bonds. The minimum absolute atomic E-state index is 0.130. The number of aryl methyl sites for hydroxylation is 1. The van der Waals surface area contributed by atoms with Crippen LogP contribution in [0.2, 0.25) is 0 Å². The SMILES string of the molecule is CC(=O)Nc1ccc(C)c(C(=O)NCCc2cccc3ccccc23)c1. The molecule has 0 aliphatic carbocycles. The highest BCUT2D eigenvalue weighted by Gasteiger charge is 2.10. The predicted octanol–water partition coefficient (Wildman–Crippen LogP) is 4.08. The highest BCUT2D eigenvalue weighted by Crippen LogP contribution is 2.19. The van der Waals surface area contributed by atoms with Crippen molar-refractivity contribution >= 4 is 28.3 Å². The van der Waals surface area contributed by atoms with Crippen molar-refractivity contribution in [2.45, 2.75) is 20.3 Å². The standard InChI is InChI=1S/C22H22N2O2/c1-15-10-11-19(24-16(2)25)14-21(15)22(26)23-13-12-18-8-5-7-17-6-3-4-9-20(17)18/h3-11,14H,12-13H2,1-2H3,(H,23,26)(H,24,25). The Hall–Kier alpha value is -3.14. The molecule has 4 heteroatoms. The fourth-order valence-corrected chi connectivity index (χ4v) is 3.06. The first kappa shape index (κ1) is 17.7. The Labute approximate surface area is 153 Å². The number of fused-ring (bicyclic) bond motifs is 1. The maximum absolute atomic E-state index is 12.5. The van der Waals surface area contributed by atoms with Gasteiger partial charge in [-0.3, -0.25) is 9.59 Å². The maximum atomic E-state index is 12.5. The van der Waals surface area contributed by atoms with Gasteiger partial charge in [-0.2, -0.15) is 0 Å². The minimum Gasteiger partial charge on any atom is -0.352 e. The van der Waals surface area contributed by atoms with Gasteiger partial charge in [0.2, 0.25) is 5.91 Å². The molecule has 0 radical (unpaired) electrons. The number of carbonyl (C=O) groups excluding carboxylic acids is 2. The molecule has 0 bridgehead atoms. The van der Waals surface area contributed by atoms with E-state index in [2.05, 4.69) is 34.9 Å². The lowest BCUT2D eigenvalue weighted by molar-refractivity contribution is -0.114. The summed E-state index contributed by atoms with van der Waals surface area (Å²) in [5.74, 6) is -0.286. The highest BCUT2D eigenvalue weighted by atomic mass is 16.2. The molecule has 2 N–H and O–H groups in total. The van der Waals surface area contributed by atoms with Crippen LogP contribution in [0.4, 0.5) is 5.69 Å². The van der Waals surface area contributed by atoms with Gasteiger partial charge in [-0.05, 0) is 47.4 Å². The van der Waals surface area contributed by atoms with E-state index in [4.69, 9.17) is 0 Å². The number of rotatable bonds is 5. The summed E-state index contributed by atoms with van der Waals surface area (Å²) in [6, 6.07) is 19.8. The fraction of sp³-hybridized carbons (Fsp3) is 0.182. The van der Waals surface area contributed by atoms with E-state index >= 15 is 0 Å². The van der Waals surface area contributed by atoms with Crippen LogP contribution in [-0.2, 0) is 11.2 Å². The van der Waals surface area contributed by atoms with Gasteiger partial charge in [0.1, 0.15) is 0 Å². The third kappa shape index (κ3) is 4.09. The van der Waals surface area contributed by atoms with Gasteiger partial charge in [-0.1, -0.05) is 48.5 Å². The molecule has 0 atom stereocenters. The first-order chi connectivity index (χ1) is 12.5. The van der Waals surface area contributed by atoms with Crippen molar-refractivity contribution in [2.24, 2.45) is 0 Å². The molecule has 0 unspecified atom stereocenters. The van der Waals surface area contributed by atoms with Crippen LogP contribution in [0.3, 0.4) is 0 Å². The van der Waals surface area contributed by atoms with Crippen LogP contribution in [-0.4, -0.2) is 18.4 Å². The van der Waals surface area contributed by atoms with Gasteiger partial charge in [0, 0.05) is 24.7 Å². The second-order valence-electron chi connectivity index (χ2n) is 6.36. The summed E-state index contributed by atoms with van der Waals surface area (Å²) < 4.78 is 0. The molecule has 0 heterocycles. The third-order valence-corrected chi connectivity index (χ3v) is 4.36. The zero-order valence-electron chi connectivity index (χ0n) is 15.0. The van der Waals surface area contributed by atoms with Gasteiger partial charge < -0.3 is 10.6 Å². The Balaban J connectivity index is 1.68. The van der Waals surface area contributed by atoms with Crippen molar-refractivity contribution in [3.8, 4) is 0 Å². The van der Waals surface area contributed by atoms with Crippen LogP contribution in [0, 0.1) is 6.92 Å². The van der Waals surface area contributed by atoms with Crippen LogP contribution >= 0.6 is 0 Å². The second-order valence-corrected chi connectivity index (χ2v) is 6.36. The maximum Gasteiger partial charge on any atom is 0.251 e. The van der Waals surface area contributed by atoms with Crippen molar-refractivity contribution in [3.63, 3.8) is 0 Å². The lowest BCUT2D eigenvalue weighted by Crippen LogP contribution is -2.26.